The highest BCUT2D eigenvalue weighted by molar-refractivity contribution is 5.85. The van der Waals surface area contributed by atoms with Crippen molar-refractivity contribution in [3.05, 3.63) is 23.8 Å². The predicted octanol–water partition coefficient (Wildman–Crippen LogP) is 2.70. The van der Waals surface area contributed by atoms with Crippen LogP contribution in [0.3, 0.4) is 0 Å². The van der Waals surface area contributed by atoms with Crippen molar-refractivity contribution in [3.63, 3.8) is 0 Å². The molecule has 1 heterocycles. The molecule has 1 aliphatic rings. The van der Waals surface area contributed by atoms with E-state index in [1.807, 2.05) is 6.07 Å². The lowest BCUT2D eigenvalue weighted by Gasteiger charge is -2.36. The maximum absolute atomic E-state index is 5.38. The first-order chi connectivity index (χ1) is 9.78. The summed E-state index contributed by atoms with van der Waals surface area (Å²) in [4.78, 5) is 2.57. The number of rotatable bonds is 6. The fraction of sp³-hybridized carbons (Fsp3) is 0.625. The van der Waals surface area contributed by atoms with Crippen molar-refractivity contribution in [2.24, 2.45) is 0 Å². The van der Waals surface area contributed by atoms with Crippen LogP contribution in [0.5, 0.6) is 11.5 Å². The van der Waals surface area contributed by atoms with E-state index >= 15 is 0 Å². The van der Waals surface area contributed by atoms with Crippen LogP contribution in [-0.2, 0) is 6.54 Å². The Labute approximate surface area is 134 Å². The summed E-state index contributed by atoms with van der Waals surface area (Å²) >= 11 is 0. The molecule has 1 saturated heterocycles. The van der Waals surface area contributed by atoms with E-state index in [0.717, 1.165) is 37.7 Å². The van der Waals surface area contributed by atoms with Gasteiger partial charge in [0.1, 0.15) is 0 Å². The minimum atomic E-state index is 0. The van der Waals surface area contributed by atoms with Crippen LogP contribution in [0.2, 0.25) is 0 Å². The van der Waals surface area contributed by atoms with Crippen molar-refractivity contribution < 1.29 is 9.47 Å². The van der Waals surface area contributed by atoms with Gasteiger partial charge in [-0.25, -0.2) is 0 Å². The smallest absolute Gasteiger partial charge is 0.161 e. The van der Waals surface area contributed by atoms with Crippen molar-refractivity contribution >= 4 is 12.4 Å². The van der Waals surface area contributed by atoms with Crippen molar-refractivity contribution in [2.75, 3.05) is 33.9 Å². The van der Waals surface area contributed by atoms with E-state index in [1.165, 1.54) is 18.4 Å². The number of nitrogens with one attached hydrogen (secondary N) is 1. The standard InChI is InChI=1S/C16H26N2O2.ClH/c1-4-5-14-11-17-8-9-18(14)12-13-6-7-15(19-2)16(10-13)20-3;/h6-7,10,14,17H,4-5,8-9,11-12H2,1-3H3;1H. The second kappa shape index (κ2) is 9.13. The van der Waals surface area contributed by atoms with Crippen LogP contribution >= 0.6 is 12.4 Å². The Hall–Kier alpha value is -0.970. The molecule has 0 saturated carbocycles. The quantitative estimate of drug-likeness (QED) is 0.875. The number of benzene rings is 1. The molecule has 1 aliphatic heterocycles. The van der Waals surface area contributed by atoms with Crippen LogP contribution in [0.15, 0.2) is 18.2 Å². The van der Waals surface area contributed by atoms with Crippen molar-refractivity contribution in [2.45, 2.75) is 32.4 Å². The molecular formula is C16H27ClN2O2. The Bertz CT molecular complexity index is 427. The number of piperazine rings is 1. The summed E-state index contributed by atoms with van der Waals surface area (Å²) in [6, 6.07) is 6.85. The Morgan fingerprint density at radius 1 is 1.24 bits per heavy atom. The third-order valence-corrected chi connectivity index (χ3v) is 3.93. The number of nitrogens with zero attached hydrogens (tertiary/aromatic N) is 1. The molecule has 1 aromatic rings. The Kier molecular flexibility index (Phi) is 7.86. The second-order valence-electron chi connectivity index (χ2n) is 5.31. The number of hydrogen-bond acceptors (Lipinski definition) is 4. The summed E-state index contributed by atoms with van der Waals surface area (Å²) < 4.78 is 10.7. The summed E-state index contributed by atoms with van der Waals surface area (Å²) in [6.07, 6.45) is 2.48. The Morgan fingerprint density at radius 3 is 2.67 bits per heavy atom. The summed E-state index contributed by atoms with van der Waals surface area (Å²) in [7, 11) is 3.36. The molecule has 0 bridgehead atoms. The maximum Gasteiger partial charge on any atom is 0.161 e. The van der Waals surface area contributed by atoms with Gasteiger partial charge in [0.05, 0.1) is 14.2 Å². The number of halogens is 1. The average molecular weight is 315 g/mol. The minimum absolute atomic E-state index is 0. The zero-order valence-corrected chi connectivity index (χ0v) is 14.0. The first-order valence-electron chi connectivity index (χ1n) is 7.44. The fourth-order valence-corrected chi connectivity index (χ4v) is 2.84. The number of methoxy groups -OCH3 is 2. The monoisotopic (exact) mass is 314 g/mol. The number of ether oxygens (including phenoxy) is 2. The first kappa shape index (κ1) is 18.1. The molecule has 4 nitrogen and oxygen atoms in total. The molecule has 1 aromatic carbocycles. The molecule has 1 N–H and O–H groups in total. The summed E-state index contributed by atoms with van der Waals surface area (Å²) in [5.74, 6) is 1.61. The van der Waals surface area contributed by atoms with E-state index in [0.29, 0.717) is 6.04 Å². The minimum Gasteiger partial charge on any atom is -0.493 e. The molecule has 1 atom stereocenters. The maximum atomic E-state index is 5.38. The van der Waals surface area contributed by atoms with Crippen LogP contribution in [0.4, 0.5) is 0 Å². The average Bonchev–Trinajstić information content (AvgIpc) is 2.49. The van der Waals surface area contributed by atoms with Gasteiger partial charge in [-0.05, 0) is 24.1 Å². The molecule has 0 spiro atoms. The topological polar surface area (TPSA) is 33.7 Å². The van der Waals surface area contributed by atoms with E-state index in [2.05, 4.69) is 29.3 Å². The van der Waals surface area contributed by atoms with E-state index in [4.69, 9.17) is 9.47 Å². The third kappa shape index (κ3) is 4.77. The fourth-order valence-electron chi connectivity index (χ4n) is 2.84. The highest BCUT2D eigenvalue weighted by atomic mass is 35.5. The van der Waals surface area contributed by atoms with E-state index in [1.54, 1.807) is 14.2 Å². The first-order valence-corrected chi connectivity index (χ1v) is 7.44. The molecular weight excluding hydrogens is 288 g/mol. The Morgan fingerprint density at radius 2 is 2.00 bits per heavy atom. The van der Waals surface area contributed by atoms with Gasteiger partial charge >= 0.3 is 0 Å². The second-order valence-corrected chi connectivity index (χ2v) is 5.31. The lowest BCUT2D eigenvalue weighted by atomic mass is 10.1. The van der Waals surface area contributed by atoms with Gasteiger partial charge in [-0.3, -0.25) is 4.90 Å². The van der Waals surface area contributed by atoms with Gasteiger partial charge in [0.25, 0.3) is 0 Å². The summed E-state index contributed by atoms with van der Waals surface area (Å²) in [6.45, 7) is 6.52. The highest BCUT2D eigenvalue weighted by Crippen LogP contribution is 2.28. The molecule has 2 rings (SSSR count). The van der Waals surface area contributed by atoms with Crippen molar-refractivity contribution in [1.29, 1.82) is 0 Å². The van der Waals surface area contributed by atoms with Gasteiger partial charge in [0, 0.05) is 32.2 Å². The molecule has 0 aromatic heterocycles. The van der Waals surface area contributed by atoms with Crippen LogP contribution in [0.25, 0.3) is 0 Å². The van der Waals surface area contributed by atoms with Crippen molar-refractivity contribution in [3.8, 4) is 11.5 Å². The van der Waals surface area contributed by atoms with Gasteiger partial charge < -0.3 is 14.8 Å². The molecule has 1 unspecified atom stereocenters. The predicted molar refractivity (Wildman–Crippen MR) is 88.8 cm³/mol. The van der Waals surface area contributed by atoms with Gasteiger partial charge in [0.15, 0.2) is 11.5 Å². The zero-order chi connectivity index (χ0) is 14.4. The van der Waals surface area contributed by atoms with Crippen LogP contribution in [-0.4, -0.2) is 44.8 Å². The van der Waals surface area contributed by atoms with Crippen LogP contribution in [0, 0.1) is 0 Å². The molecule has 21 heavy (non-hydrogen) atoms. The Balaban J connectivity index is 0.00000220. The van der Waals surface area contributed by atoms with Crippen LogP contribution in [0.1, 0.15) is 25.3 Å². The van der Waals surface area contributed by atoms with E-state index in [9.17, 15) is 0 Å². The van der Waals surface area contributed by atoms with E-state index in [-0.39, 0.29) is 12.4 Å². The zero-order valence-electron chi connectivity index (χ0n) is 13.2. The van der Waals surface area contributed by atoms with Gasteiger partial charge in [-0.1, -0.05) is 19.4 Å². The molecule has 0 aliphatic carbocycles. The molecule has 0 radical (unpaired) electrons. The van der Waals surface area contributed by atoms with Crippen molar-refractivity contribution in [1.82, 2.24) is 10.2 Å². The van der Waals surface area contributed by atoms with Gasteiger partial charge in [0.2, 0.25) is 0 Å². The summed E-state index contributed by atoms with van der Waals surface area (Å²) in [5.41, 5.74) is 1.28. The lowest BCUT2D eigenvalue weighted by molar-refractivity contribution is 0.144. The third-order valence-electron chi connectivity index (χ3n) is 3.93. The van der Waals surface area contributed by atoms with Gasteiger partial charge in [-0.15, -0.1) is 12.4 Å². The molecule has 0 amide bonds. The largest absolute Gasteiger partial charge is 0.493 e. The number of hydrogen-bond donors (Lipinski definition) is 1. The lowest BCUT2D eigenvalue weighted by Crippen LogP contribution is -2.50. The highest BCUT2D eigenvalue weighted by Gasteiger charge is 2.21. The SMILES string of the molecule is CCCC1CNCCN1Cc1ccc(OC)c(OC)c1.Cl. The molecule has 1 fully saturated rings. The van der Waals surface area contributed by atoms with Gasteiger partial charge in [-0.2, -0.15) is 0 Å². The summed E-state index contributed by atoms with van der Waals surface area (Å²) in [5, 5.41) is 3.49. The molecule has 120 valence electrons. The van der Waals surface area contributed by atoms with Crippen LogP contribution < -0.4 is 14.8 Å². The molecule has 5 heteroatoms. The van der Waals surface area contributed by atoms with E-state index < -0.39 is 0 Å². The normalized spacial score (nSPS) is 18.9.